The molecule has 0 aromatic carbocycles. The third kappa shape index (κ3) is 4.60. The molecule has 0 bridgehead atoms. The van der Waals surface area contributed by atoms with Crippen LogP contribution in [0.5, 0.6) is 0 Å². The normalized spacial score (nSPS) is 12.3. The summed E-state index contributed by atoms with van der Waals surface area (Å²) in [5.41, 5.74) is 4.04. The maximum atomic E-state index is 2.16. The van der Waals surface area contributed by atoms with Gasteiger partial charge < -0.3 is 0 Å². The fraction of sp³-hybridized carbons (Fsp3) is 0.455. The lowest BCUT2D eigenvalue weighted by Crippen LogP contribution is -1.73. The van der Waals surface area contributed by atoms with Crippen LogP contribution in [-0.2, 0) is 0 Å². The van der Waals surface area contributed by atoms with Crippen molar-refractivity contribution in [2.24, 2.45) is 0 Å². The third-order valence-electron chi connectivity index (χ3n) is 1.84. The average molecular weight is 150 g/mol. The first-order chi connectivity index (χ1) is 5.07. The Morgan fingerprint density at radius 3 is 1.82 bits per heavy atom. The summed E-state index contributed by atoms with van der Waals surface area (Å²) in [5, 5.41) is 0. The van der Waals surface area contributed by atoms with Crippen molar-refractivity contribution >= 4 is 0 Å². The van der Waals surface area contributed by atoms with Gasteiger partial charge in [-0.15, -0.1) is 0 Å². The summed E-state index contributed by atoms with van der Waals surface area (Å²) < 4.78 is 0. The van der Waals surface area contributed by atoms with E-state index in [-0.39, 0.29) is 0 Å². The Morgan fingerprint density at radius 1 is 0.909 bits per heavy atom. The summed E-state index contributed by atoms with van der Waals surface area (Å²) in [5.74, 6) is 0. The van der Waals surface area contributed by atoms with Crippen LogP contribution in [0.4, 0.5) is 0 Å². The lowest BCUT2D eigenvalue weighted by atomic mass is 10.1. The average Bonchev–Trinajstić information content (AvgIpc) is 1.99. The summed E-state index contributed by atoms with van der Waals surface area (Å²) in [7, 11) is 0. The van der Waals surface area contributed by atoms with E-state index in [0.717, 1.165) is 0 Å². The summed E-state index contributed by atoms with van der Waals surface area (Å²) in [6.45, 7) is 10.6. The molecule has 11 heavy (non-hydrogen) atoms. The van der Waals surface area contributed by atoms with Gasteiger partial charge in [0, 0.05) is 0 Å². The van der Waals surface area contributed by atoms with Crippen LogP contribution in [0.25, 0.3) is 0 Å². The first-order valence-corrected chi connectivity index (χ1v) is 4.03. The molecular formula is C11H18. The highest BCUT2D eigenvalue weighted by Crippen LogP contribution is 2.05. The van der Waals surface area contributed by atoms with E-state index in [0.29, 0.717) is 0 Å². The molecule has 0 aliphatic rings. The topological polar surface area (TPSA) is 0 Å². The zero-order chi connectivity index (χ0) is 8.85. The van der Waals surface area contributed by atoms with Gasteiger partial charge in [0.25, 0.3) is 0 Å². The van der Waals surface area contributed by atoms with Gasteiger partial charge in [-0.25, -0.2) is 0 Å². The predicted octanol–water partition coefficient (Wildman–Crippen LogP) is 3.87. The molecule has 0 aliphatic heterocycles. The molecule has 0 heteroatoms. The second kappa shape index (κ2) is 4.95. The molecule has 0 radical (unpaired) electrons. The zero-order valence-electron chi connectivity index (χ0n) is 8.23. The van der Waals surface area contributed by atoms with Crippen LogP contribution in [0.2, 0.25) is 0 Å². The Hall–Kier alpha value is -0.780. The molecule has 0 aromatic heterocycles. The van der Waals surface area contributed by atoms with Crippen molar-refractivity contribution in [3.63, 3.8) is 0 Å². The fourth-order valence-electron chi connectivity index (χ4n) is 0.519. The van der Waals surface area contributed by atoms with Crippen molar-refractivity contribution in [2.75, 3.05) is 0 Å². The Bertz CT molecular complexity index is 198. The smallest absolute Gasteiger partial charge is 0.0398 e. The molecule has 0 nitrogen and oxygen atoms in total. The first-order valence-electron chi connectivity index (χ1n) is 4.03. The molecule has 0 N–H and O–H groups in total. The first kappa shape index (κ1) is 10.2. The van der Waals surface area contributed by atoms with Crippen LogP contribution in [0.3, 0.4) is 0 Å². The van der Waals surface area contributed by atoms with E-state index < -0.39 is 0 Å². The second-order valence-corrected chi connectivity index (χ2v) is 3.05. The summed E-state index contributed by atoms with van der Waals surface area (Å²) in [6.07, 6.45) is 6.40. The van der Waals surface area contributed by atoms with E-state index >= 15 is 0 Å². The highest BCUT2D eigenvalue weighted by Gasteiger charge is 1.84. The Kier molecular flexibility index (Phi) is 4.60. The minimum absolute atomic E-state index is 1.31. The van der Waals surface area contributed by atoms with E-state index in [2.05, 4.69) is 52.8 Å². The molecule has 0 spiro atoms. The number of rotatable bonds is 2. The van der Waals surface area contributed by atoms with Gasteiger partial charge in [0.1, 0.15) is 0 Å². The Labute approximate surface area is 70.3 Å². The molecule has 0 rings (SSSR count). The second-order valence-electron chi connectivity index (χ2n) is 3.05. The summed E-state index contributed by atoms with van der Waals surface area (Å²) in [6, 6.07) is 0. The Balaban J connectivity index is 4.27. The van der Waals surface area contributed by atoms with Gasteiger partial charge in [0.15, 0.2) is 0 Å². The van der Waals surface area contributed by atoms with Crippen LogP contribution < -0.4 is 0 Å². The van der Waals surface area contributed by atoms with Crippen molar-refractivity contribution in [3.8, 4) is 0 Å². The van der Waals surface area contributed by atoms with Crippen molar-refractivity contribution in [2.45, 2.75) is 34.6 Å². The van der Waals surface area contributed by atoms with E-state index in [1.165, 1.54) is 16.7 Å². The number of hydrogen-bond donors (Lipinski definition) is 0. The number of allylic oxidation sites excluding steroid dienone is 6. The molecular weight excluding hydrogens is 132 g/mol. The minimum Gasteiger partial charge on any atom is -0.0847 e. The lowest BCUT2D eigenvalue weighted by molar-refractivity contribution is 1.29. The van der Waals surface area contributed by atoms with Crippen molar-refractivity contribution in [1.82, 2.24) is 0 Å². The molecule has 0 atom stereocenters. The zero-order valence-corrected chi connectivity index (χ0v) is 8.23. The van der Waals surface area contributed by atoms with Crippen LogP contribution in [-0.4, -0.2) is 0 Å². The van der Waals surface area contributed by atoms with Gasteiger partial charge in [-0.3, -0.25) is 0 Å². The van der Waals surface area contributed by atoms with Crippen LogP contribution in [0.1, 0.15) is 34.6 Å². The van der Waals surface area contributed by atoms with Gasteiger partial charge in [-0.2, -0.15) is 0 Å². The summed E-state index contributed by atoms with van der Waals surface area (Å²) >= 11 is 0. The molecule has 62 valence electrons. The lowest BCUT2D eigenvalue weighted by Gasteiger charge is -1.94. The van der Waals surface area contributed by atoms with Gasteiger partial charge in [-0.1, -0.05) is 34.9 Å². The van der Waals surface area contributed by atoms with Crippen LogP contribution in [0, 0.1) is 0 Å². The molecule has 0 fully saturated rings. The van der Waals surface area contributed by atoms with Gasteiger partial charge in [0.2, 0.25) is 0 Å². The highest BCUT2D eigenvalue weighted by molar-refractivity contribution is 5.27. The molecule has 0 saturated heterocycles. The molecule has 0 aromatic rings. The minimum atomic E-state index is 1.31. The quantitative estimate of drug-likeness (QED) is 0.524. The van der Waals surface area contributed by atoms with Crippen molar-refractivity contribution in [3.05, 3.63) is 34.9 Å². The van der Waals surface area contributed by atoms with E-state index in [1.54, 1.807) is 0 Å². The monoisotopic (exact) mass is 150 g/mol. The van der Waals surface area contributed by atoms with Crippen LogP contribution >= 0.6 is 0 Å². The van der Waals surface area contributed by atoms with Crippen molar-refractivity contribution < 1.29 is 0 Å². The molecule has 0 amide bonds. The molecule has 0 unspecified atom stereocenters. The van der Waals surface area contributed by atoms with E-state index in [4.69, 9.17) is 0 Å². The summed E-state index contributed by atoms with van der Waals surface area (Å²) in [4.78, 5) is 0. The maximum Gasteiger partial charge on any atom is -0.0398 e. The maximum absolute atomic E-state index is 2.16. The standard InChI is InChI=1S/C11H18/c1-6-10(4)7-8-11(5)9(2)3/h6-8H,1-5H3/b8-7-,10-6-. The molecule has 0 saturated carbocycles. The van der Waals surface area contributed by atoms with Crippen molar-refractivity contribution in [1.29, 1.82) is 0 Å². The number of hydrogen-bond acceptors (Lipinski definition) is 0. The molecule has 0 aliphatic carbocycles. The predicted molar refractivity (Wildman–Crippen MR) is 52.6 cm³/mol. The van der Waals surface area contributed by atoms with E-state index in [1.807, 2.05) is 0 Å². The van der Waals surface area contributed by atoms with Gasteiger partial charge in [-0.05, 0) is 34.6 Å². The fourth-order valence-corrected chi connectivity index (χ4v) is 0.519. The largest absolute Gasteiger partial charge is 0.0847 e. The third-order valence-corrected chi connectivity index (χ3v) is 1.84. The van der Waals surface area contributed by atoms with Gasteiger partial charge >= 0.3 is 0 Å². The Morgan fingerprint density at radius 2 is 1.45 bits per heavy atom. The van der Waals surface area contributed by atoms with E-state index in [9.17, 15) is 0 Å². The molecule has 0 heterocycles. The van der Waals surface area contributed by atoms with Gasteiger partial charge in [0.05, 0.1) is 0 Å². The highest BCUT2D eigenvalue weighted by atomic mass is 13.9. The van der Waals surface area contributed by atoms with Crippen LogP contribution in [0.15, 0.2) is 34.9 Å². The SMILES string of the molecule is C/C=C(C)\C=C/C(C)=C(C)C.